The van der Waals surface area contributed by atoms with Gasteiger partial charge in [0.25, 0.3) is 0 Å². The van der Waals surface area contributed by atoms with E-state index >= 15 is 0 Å². The number of aryl methyl sites for hydroxylation is 1. The average molecular weight is 204 g/mol. The van der Waals surface area contributed by atoms with E-state index in [1.807, 2.05) is 13.0 Å². The Labute approximate surface area is 87.3 Å². The molecule has 0 aliphatic heterocycles. The van der Waals surface area contributed by atoms with E-state index < -0.39 is 0 Å². The zero-order chi connectivity index (χ0) is 10.8. The highest BCUT2D eigenvalue weighted by molar-refractivity contribution is 5.60. The Morgan fingerprint density at radius 2 is 2.13 bits per heavy atom. The molecule has 0 spiro atoms. The van der Waals surface area contributed by atoms with Crippen molar-refractivity contribution in [2.45, 2.75) is 6.92 Å². The predicted molar refractivity (Wildman–Crippen MR) is 57.5 cm³/mol. The summed E-state index contributed by atoms with van der Waals surface area (Å²) < 4.78 is 5.08. The van der Waals surface area contributed by atoms with Crippen LogP contribution in [0.4, 0.5) is 5.95 Å². The van der Waals surface area contributed by atoms with E-state index in [0.29, 0.717) is 11.8 Å². The maximum absolute atomic E-state index is 5.50. The normalized spacial score (nSPS) is 10.3. The second-order valence-electron chi connectivity index (χ2n) is 3.23. The molecule has 5 heteroatoms. The fourth-order valence-electron chi connectivity index (χ4n) is 1.41. The third-order valence-corrected chi connectivity index (χ3v) is 2.13. The second kappa shape index (κ2) is 3.61. The summed E-state index contributed by atoms with van der Waals surface area (Å²) in [6.07, 6.45) is 3.40. The summed E-state index contributed by atoms with van der Waals surface area (Å²) in [6.45, 7) is 1.94. The van der Waals surface area contributed by atoms with Gasteiger partial charge in [0.15, 0.2) is 5.95 Å². The minimum Gasteiger partial charge on any atom is -0.481 e. The fraction of sp³-hybridized carbons (Fsp3) is 0.200. The van der Waals surface area contributed by atoms with Gasteiger partial charge in [0, 0.05) is 17.3 Å². The van der Waals surface area contributed by atoms with Crippen molar-refractivity contribution in [1.82, 2.24) is 15.0 Å². The molecule has 2 aromatic rings. The number of pyridine rings is 1. The van der Waals surface area contributed by atoms with Crippen molar-refractivity contribution >= 4 is 5.95 Å². The van der Waals surface area contributed by atoms with Crippen LogP contribution in [0.25, 0.3) is 11.3 Å². The summed E-state index contributed by atoms with van der Waals surface area (Å²) in [5, 5.41) is 0. The van der Waals surface area contributed by atoms with Crippen molar-refractivity contribution in [1.29, 1.82) is 0 Å². The number of anilines is 1. The zero-order valence-corrected chi connectivity index (χ0v) is 8.61. The van der Waals surface area contributed by atoms with E-state index in [2.05, 4.69) is 15.0 Å². The Balaban J connectivity index is 2.42. The lowest BCUT2D eigenvalue weighted by atomic mass is 10.2. The minimum atomic E-state index is 0.401. The molecule has 0 radical (unpaired) electrons. The van der Waals surface area contributed by atoms with Gasteiger partial charge in [0.2, 0.25) is 5.88 Å². The molecule has 15 heavy (non-hydrogen) atoms. The molecule has 0 aliphatic carbocycles. The number of nitrogens with zero attached hydrogens (tertiary/aromatic N) is 2. The van der Waals surface area contributed by atoms with Crippen molar-refractivity contribution in [3.8, 4) is 17.1 Å². The predicted octanol–water partition coefficient (Wildman–Crippen LogP) is 1.37. The van der Waals surface area contributed by atoms with Crippen LogP contribution in [0.5, 0.6) is 5.88 Å². The monoisotopic (exact) mass is 204 g/mol. The maximum Gasteiger partial charge on any atom is 0.215 e. The fourth-order valence-corrected chi connectivity index (χ4v) is 1.41. The van der Waals surface area contributed by atoms with Gasteiger partial charge in [-0.2, -0.15) is 0 Å². The molecule has 0 amide bonds. The van der Waals surface area contributed by atoms with Crippen LogP contribution in [0.15, 0.2) is 18.5 Å². The van der Waals surface area contributed by atoms with Gasteiger partial charge in [-0.1, -0.05) is 0 Å². The van der Waals surface area contributed by atoms with Crippen LogP contribution >= 0.6 is 0 Å². The number of nitrogens with two attached hydrogens (primary N) is 1. The van der Waals surface area contributed by atoms with Gasteiger partial charge < -0.3 is 15.5 Å². The first-order chi connectivity index (χ1) is 7.20. The highest BCUT2D eigenvalue weighted by atomic mass is 16.5. The van der Waals surface area contributed by atoms with Crippen LogP contribution in [0.1, 0.15) is 5.56 Å². The number of aromatic nitrogens is 3. The van der Waals surface area contributed by atoms with E-state index in [1.54, 1.807) is 19.5 Å². The lowest BCUT2D eigenvalue weighted by molar-refractivity contribution is 0.394. The van der Waals surface area contributed by atoms with Gasteiger partial charge in [0.1, 0.15) is 0 Å². The van der Waals surface area contributed by atoms with Crippen LogP contribution in [0.3, 0.4) is 0 Å². The van der Waals surface area contributed by atoms with Crippen LogP contribution in [-0.4, -0.2) is 22.1 Å². The number of H-pyrrole nitrogens is 1. The zero-order valence-electron chi connectivity index (χ0n) is 8.61. The summed E-state index contributed by atoms with van der Waals surface area (Å²) in [5.74, 6) is 1.03. The van der Waals surface area contributed by atoms with E-state index in [-0.39, 0.29) is 0 Å². The lowest BCUT2D eigenvalue weighted by Crippen LogP contribution is -1.92. The van der Waals surface area contributed by atoms with E-state index in [1.165, 1.54) is 0 Å². The Morgan fingerprint density at radius 3 is 2.67 bits per heavy atom. The van der Waals surface area contributed by atoms with Crippen LogP contribution in [0.2, 0.25) is 0 Å². The number of nitrogens with one attached hydrogen (secondary N) is 1. The molecule has 0 bridgehead atoms. The summed E-state index contributed by atoms with van der Waals surface area (Å²) in [6, 6.07) is 1.97. The number of rotatable bonds is 2. The molecule has 2 heterocycles. The number of aromatic amines is 1. The van der Waals surface area contributed by atoms with E-state index in [0.717, 1.165) is 16.8 Å². The Hall–Kier alpha value is -2.04. The number of hydrogen-bond acceptors (Lipinski definition) is 4. The van der Waals surface area contributed by atoms with Crippen molar-refractivity contribution in [2.24, 2.45) is 0 Å². The molecule has 0 unspecified atom stereocenters. The van der Waals surface area contributed by atoms with Crippen molar-refractivity contribution < 1.29 is 4.74 Å². The van der Waals surface area contributed by atoms with Gasteiger partial charge in [-0.3, -0.25) is 0 Å². The highest BCUT2D eigenvalue weighted by Gasteiger charge is 2.05. The van der Waals surface area contributed by atoms with Gasteiger partial charge in [-0.05, 0) is 13.0 Å². The number of methoxy groups -OCH3 is 1. The maximum atomic E-state index is 5.50. The lowest BCUT2D eigenvalue weighted by Gasteiger charge is -2.04. The minimum absolute atomic E-state index is 0.401. The van der Waals surface area contributed by atoms with Crippen LogP contribution in [0, 0.1) is 6.92 Å². The summed E-state index contributed by atoms with van der Waals surface area (Å²) in [5.41, 5.74) is 8.27. The molecule has 3 N–H and O–H groups in total. The molecule has 0 saturated heterocycles. The van der Waals surface area contributed by atoms with Gasteiger partial charge in [-0.15, -0.1) is 0 Å². The Kier molecular flexibility index (Phi) is 2.29. The molecule has 2 rings (SSSR count). The largest absolute Gasteiger partial charge is 0.481 e. The molecule has 0 atom stereocenters. The van der Waals surface area contributed by atoms with Gasteiger partial charge in [0.05, 0.1) is 19.0 Å². The molecule has 0 aromatic carbocycles. The van der Waals surface area contributed by atoms with Crippen molar-refractivity contribution in [3.63, 3.8) is 0 Å². The van der Waals surface area contributed by atoms with Crippen LogP contribution < -0.4 is 10.5 Å². The molecule has 2 aromatic heterocycles. The van der Waals surface area contributed by atoms with E-state index in [9.17, 15) is 0 Å². The quantitative estimate of drug-likeness (QED) is 0.774. The molecular weight excluding hydrogens is 192 g/mol. The number of ether oxygens (including phenoxy) is 1. The third kappa shape index (κ3) is 1.76. The SMILES string of the molecule is COc1ncc(-c2cnc(N)[nH]2)cc1C. The second-order valence-corrected chi connectivity index (χ2v) is 3.23. The number of imidazole rings is 1. The van der Waals surface area contributed by atoms with Crippen LogP contribution in [-0.2, 0) is 0 Å². The first-order valence-electron chi connectivity index (χ1n) is 4.52. The highest BCUT2D eigenvalue weighted by Crippen LogP contribution is 2.22. The Morgan fingerprint density at radius 1 is 1.33 bits per heavy atom. The van der Waals surface area contributed by atoms with Crippen molar-refractivity contribution in [2.75, 3.05) is 12.8 Å². The molecular formula is C10H12N4O. The number of hydrogen-bond donors (Lipinski definition) is 2. The standard InChI is InChI=1S/C10H12N4O/c1-6-3-7(4-12-9(6)15-2)8-5-13-10(11)14-8/h3-5H,1-2H3,(H3,11,13,14). The molecule has 78 valence electrons. The average Bonchev–Trinajstić information content (AvgIpc) is 2.65. The number of nitrogen functional groups attached to an aromatic ring is 1. The molecule has 0 fully saturated rings. The first-order valence-corrected chi connectivity index (χ1v) is 4.52. The first kappa shape index (κ1) is 9.51. The van der Waals surface area contributed by atoms with Crippen molar-refractivity contribution in [3.05, 3.63) is 24.0 Å². The third-order valence-electron chi connectivity index (χ3n) is 2.13. The topological polar surface area (TPSA) is 76.8 Å². The van der Waals surface area contributed by atoms with E-state index in [4.69, 9.17) is 10.5 Å². The summed E-state index contributed by atoms with van der Waals surface area (Å²) in [4.78, 5) is 11.0. The van der Waals surface area contributed by atoms with Gasteiger partial charge in [-0.25, -0.2) is 9.97 Å². The molecule has 5 nitrogen and oxygen atoms in total. The smallest absolute Gasteiger partial charge is 0.215 e. The Bertz CT molecular complexity index is 478. The van der Waals surface area contributed by atoms with Gasteiger partial charge >= 0.3 is 0 Å². The molecule has 0 aliphatic rings. The molecule has 0 saturated carbocycles. The summed E-state index contributed by atoms with van der Waals surface area (Å²) in [7, 11) is 1.60. The summed E-state index contributed by atoms with van der Waals surface area (Å²) >= 11 is 0.